The minimum absolute atomic E-state index is 0.0435. The topological polar surface area (TPSA) is 79.3 Å². The molecule has 0 N–H and O–H groups in total. The van der Waals surface area contributed by atoms with Crippen molar-refractivity contribution in [3.05, 3.63) is 64.0 Å². The lowest BCUT2D eigenvalue weighted by molar-refractivity contribution is -0.645. The number of nitrogens with zero attached hydrogens (tertiary/aromatic N) is 2. The van der Waals surface area contributed by atoms with Gasteiger partial charge in [0.2, 0.25) is 0 Å². The van der Waals surface area contributed by atoms with E-state index in [4.69, 9.17) is 4.74 Å². The summed E-state index contributed by atoms with van der Waals surface area (Å²) in [4.78, 5) is 10.1. The van der Waals surface area contributed by atoms with Crippen LogP contribution in [-0.2, 0) is 0 Å². The van der Waals surface area contributed by atoms with Gasteiger partial charge in [-0.3, -0.25) is 10.1 Å². The summed E-state index contributed by atoms with van der Waals surface area (Å²) in [5.74, 6) is 1.36. The largest absolute Gasteiger partial charge is 0.618 e. The summed E-state index contributed by atoms with van der Waals surface area (Å²) in [6.45, 7) is 0.497. The summed E-state index contributed by atoms with van der Waals surface area (Å²) in [5.41, 5.74) is 0.0435. The number of aromatic nitrogens is 1. The zero-order valence-corrected chi connectivity index (χ0v) is 12.0. The quantitative estimate of drug-likeness (QED) is 0.196. The first-order chi connectivity index (χ1) is 10.2. The molecular formula is C14H14N2O4S. The summed E-state index contributed by atoms with van der Waals surface area (Å²) < 4.78 is 6.32. The van der Waals surface area contributed by atoms with Gasteiger partial charge in [-0.25, -0.2) is 0 Å². The van der Waals surface area contributed by atoms with E-state index in [-0.39, 0.29) is 5.69 Å². The van der Waals surface area contributed by atoms with E-state index in [0.717, 1.165) is 16.9 Å². The Balaban J connectivity index is 1.70. The number of hydrogen-bond acceptors (Lipinski definition) is 5. The van der Waals surface area contributed by atoms with Crippen molar-refractivity contribution in [3.8, 4) is 5.75 Å². The van der Waals surface area contributed by atoms with Crippen molar-refractivity contribution >= 4 is 17.4 Å². The Morgan fingerprint density at radius 2 is 1.95 bits per heavy atom. The minimum Gasteiger partial charge on any atom is -0.618 e. The molecule has 0 aliphatic carbocycles. The molecule has 0 unspecified atom stereocenters. The van der Waals surface area contributed by atoms with Crippen LogP contribution in [-0.4, -0.2) is 17.3 Å². The fraction of sp³-hybridized carbons (Fsp3) is 0.214. The van der Waals surface area contributed by atoms with E-state index in [9.17, 15) is 15.3 Å². The van der Waals surface area contributed by atoms with Crippen molar-refractivity contribution < 1.29 is 14.4 Å². The van der Waals surface area contributed by atoms with Crippen LogP contribution in [0.5, 0.6) is 5.75 Å². The van der Waals surface area contributed by atoms with E-state index >= 15 is 0 Å². The first-order valence-corrected chi connectivity index (χ1v) is 7.33. The molecule has 0 amide bonds. The number of ether oxygens (including phenoxy) is 1. The van der Waals surface area contributed by atoms with Crippen LogP contribution < -0.4 is 9.47 Å². The molecule has 0 radical (unpaired) electrons. The fourth-order valence-corrected chi connectivity index (χ4v) is 2.45. The maximum Gasteiger partial charge on any atom is 0.269 e. The lowest BCUT2D eigenvalue weighted by Gasteiger charge is -2.06. The molecule has 1 aromatic heterocycles. The van der Waals surface area contributed by atoms with Gasteiger partial charge in [0.05, 0.1) is 11.5 Å². The first kappa shape index (κ1) is 15.1. The number of nitro groups is 1. The van der Waals surface area contributed by atoms with Gasteiger partial charge in [0.25, 0.3) is 10.7 Å². The number of benzene rings is 1. The van der Waals surface area contributed by atoms with E-state index in [2.05, 4.69) is 0 Å². The second kappa shape index (κ2) is 7.49. The van der Waals surface area contributed by atoms with Gasteiger partial charge >= 0.3 is 0 Å². The van der Waals surface area contributed by atoms with Crippen LogP contribution >= 0.6 is 11.8 Å². The molecule has 0 saturated heterocycles. The van der Waals surface area contributed by atoms with Gasteiger partial charge in [0.1, 0.15) is 5.75 Å². The third-order valence-corrected chi connectivity index (χ3v) is 3.75. The smallest absolute Gasteiger partial charge is 0.269 e. The molecule has 0 spiro atoms. The minimum atomic E-state index is -0.446. The van der Waals surface area contributed by atoms with Crippen LogP contribution in [0.4, 0.5) is 5.69 Å². The molecule has 6 nitrogen and oxygen atoms in total. The van der Waals surface area contributed by atoms with Crippen molar-refractivity contribution in [2.24, 2.45) is 0 Å². The van der Waals surface area contributed by atoms with Gasteiger partial charge < -0.3 is 9.94 Å². The van der Waals surface area contributed by atoms with Crippen molar-refractivity contribution in [3.63, 3.8) is 0 Å². The van der Waals surface area contributed by atoms with Crippen LogP contribution in [0.25, 0.3) is 0 Å². The van der Waals surface area contributed by atoms with Crippen molar-refractivity contribution in [1.82, 2.24) is 0 Å². The average Bonchev–Trinajstić information content (AvgIpc) is 2.49. The molecule has 21 heavy (non-hydrogen) atoms. The van der Waals surface area contributed by atoms with E-state index in [1.807, 2.05) is 6.07 Å². The van der Waals surface area contributed by atoms with Gasteiger partial charge in [-0.2, -0.15) is 4.73 Å². The molecule has 1 aromatic carbocycles. The Morgan fingerprint density at radius 3 is 2.62 bits per heavy atom. The normalized spacial score (nSPS) is 10.3. The zero-order chi connectivity index (χ0) is 15.1. The zero-order valence-electron chi connectivity index (χ0n) is 11.2. The van der Waals surface area contributed by atoms with E-state index in [0.29, 0.717) is 17.4 Å². The molecule has 0 saturated carbocycles. The van der Waals surface area contributed by atoms with Gasteiger partial charge in [0, 0.05) is 30.0 Å². The number of nitro benzene ring substituents is 1. The first-order valence-electron chi connectivity index (χ1n) is 6.35. The van der Waals surface area contributed by atoms with Gasteiger partial charge in [0.15, 0.2) is 6.20 Å². The van der Waals surface area contributed by atoms with Crippen molar-refractivity contribution in [2.75, 3.05) is 12.4 Å². The van der Waals surface area contributed by atoms with Crippen LogP contribution in [0.1, 0.15) is 6.42 Å². The monoisotopic (exact) mass is 306 g/mol. The Morgan fingerprint density at radius 1 is 1.19 bits per heavy atom. The standard InChI is InChI=1S/C14H14N2O4S/c17-15-9-2-1-4-14(15)21-11-3-10-20-13-7-5-12(6-8-13)16(18)19/h1-2,4-9H,3,10-11H2. The Kier molecular flexibility index (Phi) is 5.39. The third kappa shape index (κ3) is 4.64. The molecule has 0 bridgehead atoms. The maximum atomic E-state index is 11.4. The summed E-state index contributed by atoms with van der Waals surface area (Å²) in [5, 5.41) is 22.6. The van der Waals surface area contributed by atoms with Crippen LogP contribution in [0, 0.1) is 15.3 Å². The highest BCUT2D eigenvalue weighted by Crippen LogP contribution is 2.18. The van der Waals surface area contributed by atoms with E-state index < -0.39 is 4.92 Å². The molecule has 0 aliphatic rings. The van der Waals surface area contributed by atoms with Gasteiger partial charge in [-0.15, -0.1) is 0 Å². The molecule has 7 heteroatoms. The number of hydrogen-bond donors (Lipinski definition) is 0. The SMILES string of the molecule is O=[N+]([O-])c1ccc(OCCCSc2cccc[n+]2[O-])cc1. The highest BCUT2D eigenvalue weighted by Gasteiger charge is 2.05. The van der Waals surface area contributed by atoms with Crippen LogP contribution in [0.3, 0.4) is 0 Å². The number of rotatable bonds is 7. The lowest BCUT2D eigenvalue weighted by Crippen LogP contribution is -2.27. The summed E-state index contributed by atoms with van der Waals surface area (Å²) >= 11 is 1.47. The average molecular weight is 306 g/mol. The summed E-state index contributed by atoms with van der Waals surface area (Å²) in [6.07, 6.45) is 2.24. The molecule has 1 heterocycles. The second-order valence-electron chi connectivity index (χ2n) is 4.17. The third-order valence-electron chi connectivity index (χ3n) is 2.64. The number of non-ortho nitro benzene ring substituents is 1. The maximum absolute atomic E-state index is 11.4. The predicted molar refractivity (Wildman–Crippen MR) is 79.3 cm³/mol. The molecule has 2 rings (SSSR count). The van der Waals surface area contributed by atoms with Crippen molar-refractivity contribution in [1.29, 1.82) is 0 Å². The molecule has 110 valence electrons. The summed E-state index contributed by atoms with van der Waals surface area (Å²) in [7, 11) is 0. The number of pyridine rings is 1. The highest BCUT2D eigenvalue weighted by atomic mass is 32.2. The van der Waals surface area contributed by atoms with E-state index in [1.165, 1.54) is 30.1 Å². The molecule has 0 atom stereocenters. The second-order valence-corrected chi connectivity index (χ2v) is 5.28. The number of thioether (sulfide) groups is 1. The molecule has 0 fully saturated rings. The van der Waals surface area contributed by atoms with Gasteiger partial charge in [-0.1, -0.05) is 11.8 Å². The molecule has 0 aliphatic heterocycles. The van der Waals surface area contributed by atoms with Gasteiger partial charge in [-0.05, 0) is 24.6 Å². The van der Waals surface area contributed by atoms with Crippen LogP contribution in [0.15, 0.2) is 53.7 Å². The summed E-state index contributed by atoms with van der Waals surface area (Å²) in [6, 6.07) is 11.3. The predicted octanol–water partition coefficient (Wildman–Crippen LogP) is 2.79. The van der Waals surface area contributed by atoms with E-state index in [1.54, 1.807) is 24.3 Å². The molecule has 2 aromatic rings. The Hall–Kier alpha value is -2.28. The highest BCUT2D eigenvalue weighted by molar-refractivity contribution is 7.99. The molecular weight excluding hydrogens is 292 g/mol. The van der Waals surface area contributed by atoms with Crippen LogP contribution in [0.2, 0.25) is 0 Å². The van der Waals surface area contributed by atoms with Crippen molar-refractivity contribution in [2.45, 2.75) is 11.4 Å². The lowest BCUT2D eigenvalue weighted by atomic mass is 10.3. The Bertz CT molecular complexity index is 604. The fourth-order valence-electron chi connectivity index (χ4n) is 1.61. The Labute approximate surface area is 126 Å².